The van der Waals surface area contributed by atoms with Crippen molar-refractivity contribution in [1.82, 2.24) is 5.32 Å². The van der Waals surface area contributed by atoms with Crippen LogP contribution in [0.4, 0.5) is 0 Å². The van der Waals surface area contributed by atoms with Gasteiger partial charge in [0.15, 0.2) is 0 Å². The molecule has 0 aromatic rings. The molecule has 0 radical (unpaired) electrons. The lowest BCUT2D eigenvalue weighted by atomic mass is 10.1. The van der Waals surface area contributed by atoms with Crippen LogP contribution in [0.5, 0.6) is 0 Å². The fraction of sp³-hybridized carbons (Fsp3) is 0.800. The van der Waals surface area contributed by atoms with E-state index in [1.165, 1.54) is 19.3 Å². The van der Waals surface area contributed by atoms with Crippen molar-refractivity contribution in [2.45, 2.75) is 45.6 Å². The predicted octanol–water partition coefficient (Wildman–Crippen LogP) is 2.73. The van der Waals surface area contributed by atoms with Crippen LogP contribution in [0.1, 0.15) is 39.5 Å². The van der Waals surface area contributed by atoms with Gasteiger partial charge in [-0.05, 0) is 19.4 Å². The molecule has 0 aromatic heterocycles. The molecule has 11 heavy (non-hydrogen) atoms. The first-order valence-electron chi connectivity index (χ1n) is 4.69. The lowest BCUT2D eigenvalue weighted by Gasteiger charge is -2.14. The van der Waals surface area contributed by atoms with Gasteiger partial charge in [-0.1, -0.05) is 32.8 Å². The minimum atomic E-state index is 0.664. The number of nitrogens with one attached hydrogen (secondary N) is 1. The summed E-state index contributed by atoms with van der Waals surface area (Å²) in [5.41, 5.74) is 0. The third-order valence-corrected chi connectivity index (χ3v) is 1.85. The highest BCUT2D eigenvalue weighted by Gasteiger charge is 2.02. The minimum absolute atomic E-state index is 0.664. The smallest absolute Gasteiger partial charge is 0.0101 e. The first-order chi connectivity index (χ1) is 5.35. The van der Waals surface area contributed by atoms with Crippen molar-refractivity contribution in [2.24, 2.45) is 0 Å². The van der Waals surface area contributed by atoms with Crippen molar-refractivity contribution in [2.75, 3.05) is 6.54 Å². The molecule has 1 nitrogen and oxygen atoms in total. The summed E-state index contributed by atoms with van der Waals surface area (Å²) in [7, 11) is 0. The average molecular weight is 155 g/mol. The zero-order valence-electron chi connectivity index (χ0n) is 7.90. The maximum Gasteiger partial charge on any atom is 0.0101 e. The molecule has 0 bridgehead atoms. The number of hydrogen-bond acceptors (Lipinski definition) is 1. The van der Waals surface area contributed by atoms with E-state index in [9.17, 15) is 0 Å². The molecular weight excluding hydrogens is 134 g/mol. The molecule has 0 aliphatic carbocycles. The van der Waals surface area contributed by atoms with Crippen LogP contribution < -0.4 is 5.32 Å². The molecule has 66 valence electrons. The van der Waals surface area contributed by atoms with E-state index < -0.39 is 0 Å². The zero-order valence-corrected chi connectivity index (χ0v) is 7.90. The maximum absolute atomic E-state index is 3.75. The van der Waals surface area contributed by atoms with Crippen molar-refractivity contribution in [1.29, 1.82) is 0 Å². The van der Waals surface area contributed by atoms with Crippen LogP contribution >= 0.6 is 0 Å². The van der Waals surface area contributed by atoms with Gasteiger partial charge in [-0.25, -0.2) is 0 Å². The van der Waals surface area contributed by atoms with Crippen LogP contribution in [0.3, 0.4) is 0 Å². The molecule has 0 aliphatic heterocycles. The molecule has 1 N–H and O–H groups in total. The average Bonchev–Trinajstić information content (AvgIpc) is 2.01. The van der Waals surface area contributed by atoms with Crippen molar-refractivity contribution in [3.63, 3.8) is 0 Å². The van der Waals surface area contributed by atoms with E-state index >= 15 is 0 Å². The molecule has 0 spiro atoms. The highest BCUT2D eigenvalue weighted by atomic mass is 14.9. The van der Waals surface area contributed by atoms with E-state index in [2.05, 4.69) is 25.7 Å². The summed E-state index contributed by atoms with van der Waals surface area (Å²) < 4.78 is 0. The molecule has 0 amide bonds. The van der Waals surface area contributed by atoms with Gasteiger partial charge >= 0.3 is 0 Å². The quantitative estimate of drug-likeness (QED) is 0.557. The Hall–Kier alpha value is -0.300. The molecule has 0 aliphatic rings. The Morgan fingerprint density at radius 1 is 1.45 bits per heavy atom. The third-order valence-electron chi connectivity index (χ3n) is 1.85. The lowest BCUT2D eigenvalue weighted by Crippen LogP contribution is -2.28. The number of unbranched alkanes of at least 4 members (excludes halogenated alkanes) is 1. The monoisotopic (exact) mass is 155 g/mol. The Morgan fingerprint density at radius 2 is 2.18 bits per heavy atom. The largest absolute Gasteiger partial charge is 0.314 e. The van der Waals surface area contributed by atoms with Gasteiger partial charge in [0.1, 0.15) is 0 Å². The van der Waals surface area contributed by atoms with E-state index in [-0.39, 0.29) is 0 Å². The number of rotatable bonds is 7. The highest BCUT2D eigenvalue weighted by Crippen LogP contribution is 2.04. The molecule has 1 atom stereocenters. The third kappa shape index (κ3) is 6.11. The normalized spacial score (nSPS) is 12.9. The fourth-order valence-electron chi connectivity index (χ4n) is 1.24. The highest BCUT2D eigenvalue weighted by molar-refractivity contribution is 4.77. The SMILES string of the molecule is C=CCC(CCCC)NCC. The van der Waals surface area contributed by atoms with E-state index in [4.69, 9.17) is 0 Å². The van der Waals surface area contributed by atoms with Gasteiger partial charge in [-0.3, -0.25) is 0 Å². The molecule has 0 rings (SSSR count). The molecule has 0 aromatic carbocycles. The van der Waals surface area contributed by atoms with Crippen LogP contribution in [0, 0.1) is 0 Å². The second-order valence-corrected chi connectivity index (χ2v) is 2.92. The zero-order chi connectivity index (χ0) is 8.53. The molecule has 1 heteroatoms. The standard InChI is InChI=1S/C10H21N/c1-4-7-9-10(8-5-2)11-6-3/h5,10-11H,2,4,6-9H2,1,3H3. The topological polar surface area (TPSA) is 12.0 Å². The molecule has 0 fully saturated rings. The maximum atomic E-state index is 3.75. The summed E-state index contributed by atoms with van der Waals surface area (Å²) in [6, 6.07) is 0.664. The van der Waals surface area contributed by atoms with Gasteiger partial charge in [0, 0.05) is 6.04 Å². The summed E-state index contributed by atoms with van der Waals surface area (Å²) in [4.78, 5) is 0. The first kappa shape index (κ1) is 10.7. The van der Waals surface area contributed by atoms with Crippen molar-refractivity contribution in [3.05, 3.63) is 12.7 Å². The van der Waals surface area contributed by atoms with Crippen LogP contribution in [0.25, 0.3) is 0 Å². The summed E-state index contributed by atoms with van der Waals surface area (Å²) >= 11 is 0. The predicted molar refractivity (Wildman–Crippen MR) is 51.8 cm³/mol. The van der Waals surface area contributed by atoms with Gasteiger partial charge in [0.05, 0.1) is 0 Å². The van der Waals surface area contributed by atoms with Crippen LogP contribution in [0.15, 0.2) is 12.7 Å². The van der Waals surface area contributed by atoms with Gasteiger partial charge in [-0.15, -0.1) is 6.58 Å². The lowest BCUT2D eigenvalue weighted by molar-refractivity contribution is 0.480. The Kier molecular flexibility index (Phi) is 7.59. The summed E-state index contributed by atoms with van der Waals surface area (Å²) in [6.07, 6.45) is 7.01. The minimum Gasteiger partial charge on any atom is -0.314 e. The fourth-order valence-corrected chi connectivity index (χ4v) is 1.24. The van der Waals surface area contributed by atoms with Crippen molar-refractivity contribution < 1.29 is 0 Å². The first-order valence-corrected chi connectivity index (χ1v) is 4.69. The van der Waals surface area contributed by atoms with E-state index in [0.717, 1.165) is 13.0 Å². The van der Waals surface area contributed by atoms with Crippen molar-refractivity contribution >= 4 is 0 Å². The Balaban J connectivity index is 3.41. The van der Waals surface area contributed by atoms with E-state index in [1.54, 1.807) is 0 Å². The van der Waals surface area contributed by atoms with Gasteiger partial charge in [-0.2, -0.15) is 0 Å². The van der Waals surface area contributed by atoms with Crippen LogP contribution in [0.2, 0.25) is 0 Å². The molecule has 1 unspecified atom stereocenters. The second-order valence-electron chi connectivity index (χ2n) is 2.92. The van der Waals surface area contributed by atoms with Gasteiger partial charge in [0.25, 0.3) is 0 Å². The Bertz CT molecular complexity index is 88.9. The van der Waals surface area contributed by atoms with Crippen LogP contribution in [-0.4, -0.2) is 12.6 Å². The van der Waals surface area contributed by atoms with Crippen molar-refractivity contribution in [3.8, 4) is 0 Å². The van der Waals surface area contributed by atoms with E-state index in [1.807, 2.05) is 6.08 Å². The summed E-state index contributed by atoms with van der Waals surface area (Å²) in [5, 5.41) is 3.45. The Labute approximate surface area is 70.9 Å². The summed E-state index contributed by atoms with van der Waals surface area (Å²) in [5.74, 6) is 0. The molecule has 0 saturated heterocycles. The van der Waals surface area contributed by atoms with Gasteiger partial charge < -0.3 is 5.32 Å². The summed E-state index contributed by atoms with van der Waals surface area (Å²) in [6.45, 7) is 9.21. The van der Waals surface area contributed by atoms with E-state index in [0.29, 0.717) is 6.04 Å². The number of hydrogen-bond donors (Lipinski definition) is 1. The molecule has 0 saturated carbocycles. The van der Waals surface area contributed by atoms with Gasteiger partial charge in [0.2, 0.25) is 0 Å². The molecule has 0 heterocycles. The van der Waals surface area contributed by atoms with Crippen LogP contribution in [-0.2, 0) is 0 Å². The second kappa shape index (κ2) is 7.80. The Morgan fingerprint density at radius 3 is 2.64 bits per heavy atom. The molecular formula is C10H21N.